The molecule has 0 N–H and O–H groups in total. The van der Waals surface area contributed by atoms with Gasteiger partial charge >= 0.3 is 0 Å². The summed E-state index contributed by atoms with van der Waals surface area (Å²) in [6.45, 7) is 40.4. The molecule has 0 heteroatoms. The van der Waals surface area contributed by atoms with Gasteiger partial charge in [-0.1, -0.05) is 129 Å². The van der Waals surface area contributed by atoms with Crippen LogP contribution in [0.2, 0.25) is 0 Å². The van der Waals surface area contributed by atoms with Gasteiger partial charge in [-0.2, -0.15) is 0 Å². The van der Waals surface area contributed by atoms with Gasteiger partial charge in [-0.15, -0.1) is 0 Å². The monoisotopic (exact) mass is 577 g/mol. The smallest absolute Gasteiger partial charge is 0.0261 e. The van der Waals surface area contributed by atoms with Crippen molar-refractivity contribution in [3.05, 3.63) is 11.6 Å². The van der Waals surface area contributed by atoms with E-state index in [9.17, 15) is 0 Å². The molecule has 4 saturated carbocycles. The van der Waals surface area contributed by atoms with E-state index in [-0.39, 0.29) is 0 Å². The first-order valence-electron chi connectivity index (χ1n) is 19.3. The Morgan fingerprint density at radius 2 is 1.24 bits per heavy atom. The van der Waals surface area contributed by atoms with Gasteiger partial charge < -0.3 is 0 Å². The Labute approximate surface area is 264 Å². The van der Waals surface area contributed by atoms with E-state index in [4.69, 9.17) is 0 Å². The highest BCUT2D eigenvalue weighted by atomic mass is 14.7. The van der Waals surface area contributed by atoms with Crippen LogP contribution >= 0.6 is 0 Å². The van der Waals surface area contributed by atoms with E-state index >= 15 is 0 Å². The van der Waals surface area contributed by atoms with Gasteiger partial charge in [0, 0.05) is 0 Å². The molecule has 4 aliphatic carbocycles. The lowest BCUT2D eigenvalue weighted by molar-refractivity contribution is -0.178. The van der Waals surface area contributed by atoms with Gasteiger partial charge in [0.25, 0.3) is 0 Å². The molecule has 0 aromatic heterocycles. The summed E-state index contributed by atoms with van der Waals surface area (Å²) in [7, 11) is 0. The standard InChI is InChI=1S/C31H54.5C2H6/c1-9-24-22(5)15-17-30(7)26(24)16-18-31(8)27-14-13-25(21(4)12-10-11-20(2)3)29(27)23(6)19-28(30)31;5*1-2/h11,21-29H,9-10,12-19H2,1-8H3;5*1-2H3. The molecule has 0 heterocycles. The first-order valence-corrected chi connectivity index (χ1v) is 19.3. The third-order valence-corrected chi connectivity index (χ3v) is 12.1. The Morgan fingerprint density at radius 3 is 1.76 bits per heavy atom. The number of hydrogen-bond donors (Lipinski definition) is 0. The minimum atomic E-state index is 0.618. The van der Waals surface area contributed by atoms with E-state index in [1.807, 2.05) is 69.2 Å². The summed E-state index contributed by atoms with van der Waals surface area (Å²) in [5, 5.41) is 0. The number of rotatable bonds is 5. The van der Waals surface area contributed by atoms with Crippen molar-refractivity contribution < 1.29 is 0 Å². The molecule has 4 rings (SSSR count). The molecule has 0 amide bonds. The largest absolute Gasteiger partial charge is 0.0859 e. The van der Waals surface area contributed by atoms with Crippen molar-refractivity contribution >= 4 is 0 Å². The predicted molar refractivity (Wildman–Crippen MR) is 193 cm³/mol. The third-order valence-electron chi connectivity index (χ3n) is 12.1. The lowest BCUT2D eigenvalue weighted by Crippen LogP contribution is -2.59. The van der Waals surface area contributed by atoms with Gasteiger partial charge in [0.15, 0.2) is 0 Å². The highest BCUT2D eigenvalue weighted by molar-refractivity contribution is 5.13. The zero-order valence-corrected chi connectivity index (χ0v) is 32.3. The van der Waals surface area contributed by atoms with Crippen LogP contribution in [0.4, 0.5) is 0 Å². The zero-order chi connectivity index (χ0) is 32.6. The fourth-order valence-corrected chi connectivity index (χ4v) is 10.5. The fraction of sp³-hybridized carbons (Fsp3) is 0.951. The molecular formula is C41H84. The van der Waals surface area contributed by atoms with E-state index in [1.165, 1.54) is 69.8 Å². The van der Waals surface area contributed by atoms with Crippen molar-refractivity contribution in [2.45, 2.75) is 189 Å². The highest BCUT2D eigenvalue weighted by Crippen LogP contribution is 2.71. The van der Waals surface area contributed by atoms with Crippen LogP contribution < -0.4 is 0 Å². The van der Waals surface area contributed by atoms with Crippen LogP contribution in [0.5, 0.6) is 0 Å². The van der Waals surface area contributed by atoms with Crippen LogP contribution in [-0.4, -0.2) is 0 Å². The Morgan fingerprint density at radius 1 is 0.732 bits per heavy atom. The average Bonchev–Trinajstić information content (AvgIpc) is 3.47. The van der Waals surface area contributed by atoms with Crippen molar-refractivity contribution in [1.29, 1.82) is 0 Å². The van der Waals surface area contributed by atoms with Crippen LogP contribution in [0.25, 0.3) is 0 Å². The van der Waals surface area contributed by atoms with Gasteiger partial charge in [-0.3, -0.25) is 0 Å². The van der Waals surface area contributed by atoms with Crippen molar-refractivity contribution in [3.8, 4) is 0 Å². The normalized spacial score (nSPS) is 38.7. The Kier molecular flexibility index (Phi) is 22.4. The SMILES string of the molecule is CC.CC.CC.CC.CC.CCC1C(C)CCC2(C)C1CCC1(C)C3CCC(C(C)CCC=C(C)C)C3C(C)CC21. The van der Waals surface area contributed by atoms with E-state index in [0.717, 1.165) is 53.3 Å². The highest BCUT2D eigenvalue weighted by Gasteiger charge is 2.64. The minimum Gasteiger partial charge on any atom is -0.0859 e. The lowest BCUT2D eigenvalue weighted by Gasteiger charge is -2.66. The van der Waals surface area contributed by atoms with E-state index < -0.39 is 0 Å². The summed E-state index contributed by atoms with van der Waals surface area (Å²) in [5.41, 5.74) is 2.73. The molecule has 0 aromatic carbocycles. The molecule has 248 valence electrons. The first-order chi connectivity index (χ1) is 19.6. The molecule has 0 radical (unpaired) electrons. The maximum absolute atomic E-state index is 2.79. The first kappa shape index (κ1) is 42.9. The van der Waals surface area contributed by atoms with E-state index in [0.29, 0.717) is 10.8 Å². The van der Waals surface area contributed by atoms with Gasteiger partial charge in [0.05, 0.1) is 0 Å². The van der Waals surface area contributed by atoms with Crippen LogP contribution in [0.15, 0.2) is 11.6 Å². The van der Waals surface area contributed by atoms with E-state index in [2.05, 4.69) is 61.5 Å². The second-order valence-corrected chi connectivity index (χ2v) is 13.8. The zero-order valence-electron chi connectivity index (χ0n) is 32.3. The molecule has 4 aliphatic rings. The molecule has 0 bridgehead atoms. The second-order valence-electron chi connectivity index (χ2n) is 13.8. The van der Waals surface area contributed by atoms with Gasteiger partial charge in [-0.05, 0) is 136 Å². The Bertz CT molecular complexity index is 655. The maximum Gasteiger partial charge on any atom is -0.0261 e. The minimum absolute atomic E-state index is 0.618. The molecule has 41 heavy (non-hydrogen) atoms. The summed E-state index contributed by atoms with van der Waals surface area (Å²) < 4.78 is 0. The summed E-state index contributed by atoms with van der Waals surface area (Å²) >= 11 is 0. The molecule has 11 atom stereocenters. The molecular weight excluding hydrogens is 492 g/mol. The number of fused-ring (bicyclic) bond motifs is 5. The predicted octanol–water partition coefficient (Wildman–Crippen LogP) is 14.7. The van der Waals surface area contributed by atoms with Crippen LogP contribution in [0.1, 0.15) is 189 Å². The van der Waals surface area contributed by atoms with Crippen LogP contribution in [-0.2, 0) is 0 Å². The van der Waals surface area contributed by atoms with Gasteiger partial charge in [-0.25, -0.2) is 0 Å². The maximum atomic E-state index is 2.79. The van der Waals surface area contributed by atoms with Crippen LogP contribution in [0, 0.1) is 64.1 Å². The number of hydrogen-bond acceptors (Lipinski definition) is 0. The molecule has 11 unspecified atom stereocenters. The average molecular weight is 577 g/mol. The molecule has 0 saturated heterocycles. The summed E-state index contributed by atoms with van der Waals surface area (Å²) in [4.78, 5) is 0. The summed E-state index contributed by atoms with van der Waals surface area (Å²) in [5.74, 6) is 8.78. The Balaban J connectivity index is 0. The quantitative estimate of drug-likeness (QED) is 0.285. The number of allylic oxidation sites excluding steroid dienone is 2. The second kappa shape index (κ2) is 21.4. The molecule has 0 spiro atoms. The van der Waals surface area contributed by atoms with Crippen molar-refractivity contribution in [2.24, 2.45) is 64.1 Å². The Hall–Kier alpha value is -0.260. The van der Waals surface area contributed by atoms with E-state index in [1.54, 1.807) is 0 Å². The summed E-state index contributed by atoms with van der Waals surface area (Å²) in [6.07, 6.45) is 17.3. The lowest BCUT2D eigenvalue weighted by atomic mass is 9.38. The molecule has 0 aliphatic heterocycles. The molecule has 0 nitrogen and oxygen atoms in total. The fourth-order valence-electron chi connectivity index (χ4n) is 10.5. The topological polar surface area (TPSA) is 0 Å². The summed E-state index contributed by atoms with van der Waals surface area (Å²) in [6, 6.07) is 0. The molecule has 4 fully saturated rings. The molecule has 0 aromatic rings. The van der Waals surface area contributed by atoms with Crippen molar-refractivity contribution in [1.82, 2.24) is 0 Å². The van der Waals surface area contributed by atoms with Crippen LogP contribution in [0.3, 0.4) is 0 Å². The van der Waals surface area contributed by atoms with Crippen molar-refractivity contribution in [2.75, 3.05) is 0 Å². The third kappa shape index (κ3) is 9.61. The van der Waals surface area contributed by atoms with Crippen molar-refractivity contribution in [3.63, 3.8) is 0 Å². The van der Waals surface area contributed by atoms with Gasteiger partial charge in [0.1, 0.15) is 0 Å². The van der Waals surface area contributed by atoms with Gasteiger partial charge in [0.2, 0.25) is 0 Å².